The Kier molecular flexibility index (Phi) is 8.01. The van der Waals surface area contributed by atoms with Crippen LogP contribution in [0.25, 0.3) is 0 Å². The molecule has 1 aromatic heterocycles. The molecule has 8 heteroatoms. The molecular formula is C12H20ClNO4S2. The second-order valence-electron chi connectivity index (χ2n) is 4.15. The second kappa shape index (κ2) is 8.96. The van der Waals surface area contributed by atoms with Crippen LogP contribution in [0.5, 0.6) is 0 Å². The first kappa shape index (κ1) is 17.9. The Bertz CT molecular complexity index is 489. The lowest BCUT2D eigenvalue weighted by atomic mass is 10.4. The van der Waals surface area contributed by atoms with Crippen LogP contribution in [0, 0.1) is 0 Å². The average Bonchev–Trinajstić information content (AvgIpc) is 2.92. The Morgan fingerprint density at radius 1 is 1.25 bits per heavy atom. The molecule has 20 heavy (non-hydrogen) atoms. The molecule has 0 saturated heterocycles. The molecule has 116 valence electrons. The van der Waals surface area contributed by atoms with E-state index < -0.39 is 10.0 Å². The van der Waals surface area contributed by atoms with Gasteiger partial charge < -0.3 is 9.47 Å². The summed E-state index contributed by atoms with van der Waals surface area (Å²) in [4.78, 5) is 0. The third-order valence-corrected chi connectivity index (χ3v) is 6.35. The van der Waals surface area contributed by atoms with Crippen LogP contribution < -0.4 is 0 Å². The van der Waals surface area contributed by atoms with E-state index in [2.05, 4.69) is 0 Å². The number of halogens is 1. The highest BCUT2D eigenvalue weighted by Gasteiger charge is 2.25. The molecule has 0 aliphatic rings. The van der Waals surface area contributed by atoms with Crippen molar-refractivity contribution in [1.82, 2.24) is 4.31 Å². The highest BCUT2D eigenvalue weighted by molar-refractivity contribution is 7.91. The summed E-state index contributed by atoms with van der Waals surface area (Å²) in [6, 6.07) is 1.63. The molecule has 0 N–H and O–H groups in total. The van der Waals surface area contributed by atoms with Gasteiger partial charge in [0.1, 0.15) is 4.21 Å². The van der Waals surface area contributed by atoms with Crippen molar-refractivity contribution in [2.75, 3.05) is 40.5 Å². The van der Waals surface area contributed by atoms with E-state index in [1.54, 1.807) is 25.7 Å². The van der Waals surface area contributed by atoms with E-state index in [-0.39, 0.29) is 0 Å². The Morgan fingerprint density at radius 3 is 2.50 bits per heavy atom. The number of hydrogen-bond acceptors (Lipinski definition) is 5. The predicted molar refractivity (Wildman–Crippen MR) is 81.0 cm³/mol. The Labute approximate surface area is 129 Å². The number of alkyl halides is 1. The van der Waals surface area contributed by atoms with Crippen molar-refractivity contribution in [1.29, 1.82) is 0 Å². The van der Waals surface area contributed by atoms with Gasteiger partial charge in [-0.15, -0.1) is 22.9 Å². The summed E-state index contributed by atoms with van der Waals surface area (Å²) in [6.45, 7) is 1.63. The number of methoxy groups -OCH3 is 2. The number of ether oxygens (including phenoxy) is 2. The maximum atomic E-state index is 12.6. The van der Waals surface area contributed by atoms with Crippen LogP contribution in [0.3, 0.4) is 0 Å². The Morgan fingerprint density at radius 2 is 1.95 bits per heavy atom. The molecular weight excluding hydrogens is 322 g/mol. The van der Waals surface area contributed by atoms with Gasteiger partial charge in [-0.05, 0) is 23.4 Å². The summed E-state index contributed by atoms with van der Waals surface area (Å²) < 4.78 is 36.8. The maximum absolute atomic E-state index is 12.6. The minimum atomic E-state index is -3.49. The molecule has 0 aliphatic carbocycles. The summed E-state index contributed by atoms with van der Waals surface area (Å²) >= 11 is 6.91. The molecule has 0 atom stereocenters. The highest BCUT2D eigenvalue weighted by atomic mass is 35.5. The third kappa shape index (κ3) is 4.98. The quantitative estimate of drug-likeness (QED) is 0.483. The molecule has 5 nitrogen and oxygen atoms in total. The van der Waals surface area contributed by atoms with Crippen molar-refractivity contribution in [2.45, 2.75) is 16.5 Å². The van der Waals surface area contributed by atoms with Crippen LogP contribution in [-0.4, -0.2) is 53.2 Å². The Hall–Kier alpha value is -0.180. The van der Waals surface area contributed by atoms with E-state index in [4.69, 9.17) is 21.1 Å². The standard InChI is InChI=1S/C12H20ClNO4S2/c1-17-6-3-4-14(5-7-18-2)20(15,16)12-8-11(9-13)10-19-12/h8,10H,3-7,9H2,1-2H3. The van der Waals surface area contributed by atoms with Crippen LogP contribution in [0.4, 0.5) is 0 Å². The van der Waals surface area contributed by atoms with Crippen LogP contribution in [0.2, 0.25) is 0 Å². The molecule has 1 rings (SSSR count). The molecule has 0 unspecified atom stereocenters. The number of hydrogen-bond donors (Lipinski definition) is 0. The molecule has 1 heterocycles. The lowest BCUT2D eigenvalue weighted by molar-refractivity contribution is 0.164. The average molecular weight is 342 g/mol. The molecule has 0 radical (unpaired) electrons. The van der Waals surface area contributed by atoms with Crippen molar-refractivity contribution in [3.05, 3.63) is 17.0 Å². The fourth-order valence-corrected chi connectivity index (χ4v) is 4.69. The molecule has 0 amide bonds. The second-order valence-corrected chi connectivity index (χ2v) is 7.49. The molecule has 0 spiro atoms. The molecule has 1 aromatic rings. The third-order valence-electron chi connectivity index (χ3n) is 2.68. The number of rotatable bonds is 10. The molecule has 0 bridgehead atoms. The largest absolute Gasteiger partial charge is 0.385 e. The van der Waals surface area contributed by atoms with Gasteiger partial charge in [0.05, 0.1) is 6.61 Å². The predicted octanol–water partition coefficient (Wildman–Crippen LogP) is 2.16. The smallest absolute Gasteiger partial charge is 0.252 e. The monoisotopic (exact) mass is 341 g/mol. The first-order valence-corrected chi connectivity index (χ1v) is 9.03. The summed E-state index contributed by atoms with van der Waals surface area (Å²) in [6.07, 6.45) is 0.646. The fourth-order valence-electron chi connectivity index (χ4n) is 1.62. The zero-order valence-electron chi connectivity index (χ0n) is 11.7. The first-order valence-electron chi connectivity index (χ1n) is 6.17. The topological polar surface area (TPSA) is 55.8 Å². The summed E-state index contributed by atoms with van der Waals surface area (Å²) in [5.74, 6) is 0.313. The minimum absolute atomic E-state index is 0.313. The van der Waals surface area contributed by atoms with E-state index in [0.717, 1.165) is 5.56 Å². The van der Waals surface area contributed by atoms with Crippen LogP contribution >= 0.6 is 22.9 Å². The Balaban J connectivity index is 2.85. The van der Waals surface area contributed by atoms with Gasteiger partial charge >= 0.3 is 0 Å². The summed E-state index contributed by atoms with van der Waals surface area (Å²) in [5, 5.41) is 1.77. The van der Waals surface area contributed by atoms with Gasteiger partial charge in [0.25, 0.3) is 10.0 Å². The maximum Gasteiger partial charge on any atom is 0.252 e. The molecule has 0 aromatic carbocycles. The lowest BCUT2D eigenvalue weighted by Crippen LogP contribution is -2.34. The molecule has 0 saturated carbocycles. The fraction of sp³-hybridized carbons (Fsp3) is 0.667. The molecule has 0 aliphatic heterocycles. The number of nitrogens with zero attached hydrogens (tertiary/aromatic N) is 1. The van der Waals surface area contributed by atoms with Crippen molar-refractivity contribution < 1.29 is 17.9 Å². The SMILES string of the molecule is COCCCN(CCOC)S(=O)(=O)c1cc(CCl)cs1. The highest BCUT2D eigenvalue weighted by Crippen LogP contribution is 2.25. The lowest BCUT2D eigenvalue weighted by Gasteiger charge is -2.20. The van der Waals surface area contributed by atoms with Crippen LogP contribution in [0.15, 0.2) is 15.7 Å². The number of sulfonamides is 1. The zero-order valence-corrected chi connectivity index (χ0v) is 14.1. The van der Waals surface area contributed by atoms with Crippen molar-refractivity contribution >= 4 is 33.0 Å². The summed E-state index contributed by atoms with van der Waals surface area (Å²) in [7, 11) is -0.336. The normalized spacial score (nSPS) is 12.2. The first-order chi connectivity index (χ1) is 9.56. The van der Waals surface area contributed by atoms with Gasteiger partial charge in [0.2, 0.25) is 0 Å². The van der Waals surface area contributed by atoms with Gasteiger partial charge in [-0.1, -0.05) is 0 Å². The van der Waals surface area contributed by atoms with E-state index in [1.165, 1.54) is 15.6 Å². The summed E-state index contributed by atoms with van der Waals surface area (Å²) in [5.41, 5.74) is 0.818. The van der Waals surface area contributed by atoms with Gasteiger partial charge in [-0.25, -0.2) is 8.42 Å². The van der Waals surface area contributed by atoms with Gasteiger partial charge in [0, 0.05) is 39.8 Å². The van der Waals surface area contributed by atoms with Crippen molar-refractivity contribution in [3.8, 4) is 0 Å². The van der Waals surface area contributed by atoms with Crippen LogP contribution in [-0.2, 0) is 25.4 Å². The van der Waals surface area contributed by atoms with E-state index in [1.807, 2.05) is 0 Å². The zero-order chi connectivity index (χ0) is 15.0. The van der Waals surface area contributed by atoms with Crippen molar-refractivity contribution in [2.24, 2.45) is 0 Å². The van der Waals surface area contributed by atoms with Gasteiger partial charge in [0.15, 0.2) is 0 Å². The van der Waals surface area contributed by atoms with E-state index in [0.29, 0.717) is 42.8 Å². The van der Waals surface area contributed by atoms with Gasteiger partial charge in [-0.3, -0.25) is 0 Å². The van der Waals surface area contributed by atoms with Crippen molar-refractivity contribution in [3.63, 3.8) is 0 Å². The molecule has 0 fully saturated rings. The van der Waals surface area contributed by atoms with E-state index >= 15 is 0 Å². The minimum Gasteiger partial charge on any atom is -0.385 e. The van der Waals surface area contributed by atoms with E-state index in [9.17, 15) is 8.42 Å². The van der Waals surface area contributed by atoms with Crippen LogP contribution in [0.1, 0.15) is 12.0 Å². The van der Waals surface area contributed by atoms with Gasteiger partial charge in [-0.2, -0.15) is 4.31 Å². The number of thiophene rings is 1.